The zero-order valence-corrected chi connectivity index (χ0v) is 23.5. The topological polar surface area (TPSA) is 71.1 Å². The first-order valence-electron chi connectivity index (χ1n) is 13.3. The first kappa shape index (κ1) is 26.7. The fourth-order valence-electron chi connectivity index (χ4n) is 5.13. The molecule has 4 heterocycles. The zero-order valence-electron chi connectivity index (χ0n) is 22.7. The summed E-state index contributed by atoms with van der Waals surface area (Å²) in [5, 5.41) is 4.26. The van der Waals surface area contributed by atoms with Gasteiger partial charge in [-0.3, -0.25) is 4.79 Å². The fraction of sp³-hybridized carbons (Fsp3) is 0.379. The first-order valence-corrected chi connectivity index (χ1v) is 13.7. The molecule has 1 N–H and O–H groups in total. The molecule has 1 aromatic carbocycles. The number of anilines is 4. The lowest BCUT2D eigenvalue weighted by Crippen LogP contribution is -2.51. The number of benzene rings is 1. The van der Waals surface area contributed by atoms with Crippen molar-refractivity contribution in [1.82, 2.24) is 24.7 Å². The van der Waals surface area contributed by atoms with Crippen molar-refractivity contribution >= 4 is 52.5 Å². The number of carbonyl (C=O) groups excluding carboxylic acids is 1. The molecule has 0 atom stereocenters. The number of piperazine rings is 1. The van der Waals surface area contributed by atoms with Gasteiger partial charge in [-0.1, -0.05) is 13.2 Å². The van der Waals surface area contributed by atoms with Crippen molar-refractivity contribution < 1.29 is 4.79 Å². The standard InChI is InChI=1S/C29H36N8OS/c1-5-26(38)36-19-22(20-36)12-13-37-21(2)6-7-23-18-30-28(32-27(23)37)31-24-8-10-25(11-9-24)34-14-16-35(17-15-34)29(39)33(3)4/h5-11,18,22H,1-2,12-17,19-20H2,3-4H3,(H,30,31,32). The molecular weight excluding hydrogens is 508 g/mol. The van der Waals surface area contributed by atoms with Crippen molar-refractivity contribution in [1.29, 1.82) is 0 Å². The molecule has 0 aliphatic carbocycles. The van der Waals surface area contributed by atoms with Gasteiger partial charge in [0.2, 0.25) is 11.9 Å². The normalized spacial score (nSPS) is 17.0. The van der Waals surface area contributed by atoms with E-state index in [0.29, 0.717) is 11.9 Å². The fourth-order valence-corrected chi connectivity index (χ4v) is 5.32. The van der Waals surface area contributed by atoms with Crippen molar-refractivity contribution in [2.24, 2.45) is 5.92 Å². The Morgan fingerprint density at radius 1 is 1.13 bits per heavy atom. The zero-order chi connectivity index (χ0) is 27.5. The van der Waals surface area contributed by atoms with Gasteiger partial charge in [0, 0.05) is 88.7 Å². The maximum absolute atomic E-state index is 11.7. The Hall–Kier alpha value is -3.92. The number of allylic oxidation sites excluding steroid dienone is 1. The predicted molar refractivity (Wildman–Crippen MR) is 162 cm³/mol. The van der Waals surface area contributed by atoms with Crippen LogP contribution < -0.4 is 15.1 Å². The summed E-state index contributed by atoms with van der Waals surface area (Å²) in [7, 11) is 3.99. The maximum Gasteiger partial charge on any atom is 0.245 e. The smallest absolute Gasteiger partial charge is 0.245 e. The van der Waals surface area contributed by atoms with E-state index in [4.69, 9.17) is 17.2 Å². The molecule has 0 saturated carbocycles. The monoisotopic (exact) mass is 544 g/mol. The summed E-state index contributed by atoms with van der Waals surface area (Å²) in [6, 6.07) is 8.41. The second-order valence-corrected chi connectivity index (χ2v) is 10.7. The highest BCUT2D eigenvalue weighted by Gasteiger charge is 2.30. The molecule has 2 aromatic rings. The number of nitrogens with one attached hydrogen (secondary N) is 1. The van der Waals surface area contributed by atoms with E-state index < -0.39 is 0 Å². The number of rotatable bonds is 7. The number of aromatic nitrogens is 2. The third-order valence-electron chi connectivity index (χ3n) is 7.48. The van der Waals surface area contributed by atoms with Crippen LogP contribution in [0.2, 0.25) is 0 Å². The molecule has 3 aliphatic rings. The Morgan fingerprint density at radius 3 is 2.51 bits per heavy atom. The van der Waals surface area contributed by atoms with Crippen LogP contribution >= 0.6 is 12.2 Å². The van der Waals surface area contributed by atoms with Crippen LogP contribution in [0.25, 0.3) is 6.08 Å². The summed E-state index contributed by atoms with van der Waals surface area (Å²) in [5.74, 6) is 1.88. The van der Waals surface area contributed by atoms with Crippen LogP contribution in [-0.4, -0.2) is 95.6 Å². The summed E-state index contributed by atoms with van der Waals surface area (Å²) < 4.78 is 0. The van der Waals surface area contributed by atoms with Gasteiger partial charge in [0.25, 0.3) is 0 Å². The van der Waals surface area contributed by atoms with Gasteiger partial charge in [0.05, 0.1) is 0 Å². The van der Waals surface area contributed by atoms with E-state index in [0.717, 1.165) is 80.1 Å². The SMILES string of the molecule is C=CC(=O)N1CC(CCN2C(=C)C=Cc3cnc(Nc4ccc(N5CCN(C(=S)N(C)C)CC5)cc4)nc32)C1. The van der Waals surface area contributed by atoms with E-state index in [-0.39, 0.29) is 5.91 Å². The van der Waals surface area contributed by atoms with Gasteiger partial charge < -0.3 is 29.8 Å². The van der Waals surface area contributed by atoms with E-state index in [2.05, 4.69) is 62.4 Å². The molecule has 2 saturated heterocycles. The quantitative estimate of drug-likeness (QED) is 0.416. The molecule has 0 radical (unpaired) electrons. The molecule has 1 aromatic heterocycles. The number of hydrogen-bond acceptors (Lipinski definition) is 7. The Kier molecular flexibility index (Phi) is 7.83. The minimum atomic E-state index is 0.00521. The van der Waals surface area contributed by atoms with E-state index >= 15 is 0 Å². The van der Waals surface area contributed by atoms with Crippen molar-refractivity contribution in [3.05, 3.63) is 67.0 Å². The van der Waals surface area contributed by atoms with E-state index in [1.54, 1.807) is 0 Å². The second kappa shape index (κ2) is 11.4. The average molecular weight is 545 g/mol. The Morgan fingerprint density at radius 2 is 1.85 bits per heavy atom. The summed E-state index contributed by atoms with van der Waals surface area (Å²) in [6.07, 6.45) is 8.19. The number of thiocarbonyl (C=S) groups is 1. The number of fused-ring (bicyclic) bond motifs is 1. The molecule has 9 nitrogen and oxygen atoms in total. The van der Waals surface area contributed by atoms with Gasteiger partial charge in [-0.05, 0) is 67.1 Å². The van der Waals surface area contributed by atoms with Crippen LogP contribution in [0.15, 0.2) is 61.5 Å². The molecule has 5 rings (SSSR count). The lowest BCUT2D eigenvalue weighted by atomic mass is 9.95. The molecule has 3 aliphatic heterocycles. The molecule has 1 amide bonds. The Bertz CT molecular complexity index is 1280. The van der Waals surface area contributed by atoms with Crippen molar-refractivity contribution in [2.45, 2.75) is 6.42 Å². The number of hydrogen-bond donors (Lipinski definition) is 1. The minimum absolute atomic E-state index is 0.00521. The molecule has 10 heteroatoms. The van der Waals surface area contributed by atoms with Crippen molar-refractivity contribution in [3.63, 3.8) is 0 Å². The molecule has 0 bridgehead atoms. The van der Waals surface area contributed by atoms with Crippen LogP contribution in [0.4, 0.5) is 23.1 Å². The number of carbonyl (C=O) groups is 1. The van der Waals surface area contributed by atoms with Crippen LogP contribution in [-0.2, 0) is 4.79 Å². The van der Waals surface area contributed by atoms with Gasteiger partial charge in [-0.25, -0.2) is 4.98 Å². The first-order chi connectivity index (χ1) is 18.8. The molecular formula is C29H36N8OS. The molecule has 204 valence electrons. The van der Waals surface area contributed by atoms with Crippen LogP contribution in [0.5, 0.6) is 0 Å². The second-order valence-electron chi connectivity index (χ2n) is 10.4. The molecule has 0 spiro atoms. The predicted octanol–water partition coefficient (Wildman–Crippen LogP) is 3.57. The Balaban J connectivity index is 1.19. The van der Waals surface area contributed by atoms with Crippen LogP contribution in [0, 0.1) is 5.92 Å². The van der Waals surface area contributed by atoms with E-state index in [1.807, 2.05) is 42.2 Å². The minimum Gasteiger partial charge on any atom is -0.368 e. The highest BCUT2D eigenvalue weighted by atomic mass is 32.1. The lowest BCUT2D eigenvalue weighted by molar-refractivity contribution is -0.132. The maximum atomic E-state index is 11.7. The summed E-state index contributed by atoms with van der Waals surface area (Å²) in [5.41, 5.74) is 4.00. The summed E-state index contributed by atoms with van der Waals surface area (Å²) >= 11 is 5.52. The van der Waals surface area contributed by atoms with Crippen molar-refractivity contribution in [2.75, 3.05) is 75.0 Å². The highest BCUT2D eigenvalue weighted by Crippen LogP contribution is 2.31. The molecule has 0 unspecified atom stereocenters. The Labute approximate surface area is 236 Å². The third-order valence-corrected chi connectivity index (χ3v) is 8.10. The number of nitrogens with zero attached hydrogens (tertiary/aromatic N) is 7. The summed E-state index contributed by atoms with van der Waals surface area (Å²) in [4.78, 5) is 31.7. The van der Waals surface area contributed by atoms with Crippen molar-refractivity contribution in [3.8, 4) is 0 Å². The number of likely N-dealkylation sites (tertiary alicyclic amines) is 1. The van der Waals surface area contributed by atoms with E-state index in [9.17, 15) is 4.79 Å². The molecule has 39 heavy (non-hydrogen) atoms. The highest BCUT2D eigenvalue weighted by molar-refractivity contribution is 7.80. The molecule has 2 fully saturated rings. The third kappa shape index (κ3) is 5.90. The largest absolute Gasteiger partial charge is 0.368 e. The van der Waals surface area contributed by atoms with Crippen LogP contribution in [0.3, 0.4) is 0 Å². The van der Waals surface area contributed by atoms with Gasteiger partial charge in [-0.15, -0.1) is 0 Å². The lowest BCUT2D eigenvalue weighted by Gasteiger charge is -2.40. The average Bonchev–Trinajstić information content (AvgIpc) is 2.93. The van der Waals surface area contributed by atoms with Gasteiger partial charge >= 0.3 is 0 Å². The summed E-state index contributed by atoms with van der Waals surface area (Å²) in [6.45, 7) is 13.8. The van der Waals surface area contributed by atoms with Gasteiger partial charge in [-0.2, -0.15) is 4.98 Å². The van der Waals surface area contributed by atoms with E-state index in [1.165, 1.54) is 11.8 Å². The van der Waals surface area contributed by atoms with Gasteiger partial charge in [0.1, 0.15) is 5.82 Å². The number of amides is 1. The van der Waals surface area contributed by atoms with Crippen LogP contribution in [0.1, 0.15) is 12.0 Å². The van der Waals surface area contributed by atoms with Gasteiger partial charge in [0.15, 0.2) is 5.11 Å².